The van der Waals surface area contributed by atoms with Crippen LogP contribution in [0.15, 0.2) is 84.0 Å². The summed E-state index contributed by atoms with van der Waals surface area (Å²) in [7, 11) is 0. The summed E-state index contributed by atoms with van der Waals surface area (Å²) in [6.07, 6.45) is 1.43. The molecule has 164 valence electrons. The minimum Gasteiger partial charge on any atom is -0.507 e. The van der Waals surface area contributed by atoms with Gasteiger partial charge in [0.1, 0.15) is 11.5 Å². The molecule has 0 radical (unpaired) electrons. The van der Waals surface area contributed by atoms with E-state index in [1.807, 2.05) is 24.3 Å². The van der Waals surface area contributed by atoms with E-state index in [0.717, 1.165) is 10.8 Å². The zero-order chi connectivity index (χ0) is 23.4. The van der Waals surface area contributed by atoms with Gasteiger partial charge >= 0.3 is 5.97 Å². The Bertz CT molecular complexity index is 1390. The molecule has 33 heavy (non-hydrogen) atoms. The number of carbonyl (C=O) groups excluding carboxylic acids is 2. The molecule has 4 aromatic rings. The third-order valence-electron chi connectivity index (χ3n) is 4.73. The Kier molecular flexibility index (Phi) is 6.58. The zero-order valence-electron chi connectivity index (χ0n) is 17.0. The number of halogens is 2. The summed E-state index contributed by atoms with van der Waals surface area (Å²) >= 11 is 11.9. The Morgan fingerprint density at radius 3 is 2.27 bits per heavy atom. The summed E-state index contributed by atoms with van der Waals surface area (Å²) in [5.74, 6) is -0.970. The SMILES string of the molecule is O=C(NN=Cc1ccc(OC(=O)c2ccc(Cl)cc2Cl)cc1)c1cc2ccccc2cc1O. The van der Waals surface area contributed by atoms with Gasteiger partial charge in [0, 0.05) is 5.02 Å². The van der Waals surface area contributed by atoms with Crippen molar-refractivity contribution < 1.29 is 19.4 Å². The van der Waals surface area contributed by atoms with Gasteiger partial charge in [-0.15, -0.1) is 0 Å². The number of amides is 1. The number of hydrogen-bond donors (Lipinski definition) is 2. The molecule has 0 atom stereocenters. The lowest BCUT2D eigenvalue weighted by Gasteiger charge is -2.07. The third-order valence-corrected chi connectivity index (χ3v) is 5.28. The van der Waals surface area contributed by atoms with Crippen molar-refractivity contribution in [1.82, 2.24) is 5.43 Å². The van der Waals surface area contributed by atoms with Crippen LogP contribution < -0.4 is 10.2 Å². The first-order valence-electron chi connectivity index (χ1n) is 9.73. The standard InChI is InChI=1S/C25H16Cl2N2O4/c26-18-7-10-20(22(27)13-18)25(32)33-19-8-5-15(6-9-19)14-28-29-24(31)21-11-16-3-1-2-4-17(16)12-23(21)30/h1-14,30H,(H,29,31). The van der Waals surface area contributed by atoms with Crippen molar-refractivity contribution >= 4 is 52.1 Å². The van der Waals surface area contributed by atoms with Crippen LogP contribution in [0, 0.1) is 0 Å². The third kappa shape index (κ3) is 5.31. The number of rotatable bonds is 5. The van der Waals surface area contributed by atoms with E-state index in [1.54, 1.807) is 36.4 Å². The van der Waals surface area contributed by atoms with Gasteiger partial charge in [0.25, 0.3) is 5.91 Å². The van der Waals surface area contributed by atoms with E-state index in [4.69, 9.17) is 27.9 Å². The molecule has 6 nitrogen and oxygen atoms in total. The highest BCUT2D eigenvalue weighted by Gasteiger charge is 2.14. The highest BCUT2D eigenvalue weighted by Crippen LogP contribution is 2.25. The van der Waals surface area contributed by atoms with E-state index in [-0.39, 0.29) is 21.9 Å². The number of hydrazone groups is 1. The summed E-state index contributed by atoms with van der Waals surface area (Å²) in [5.41, 5.74) is 3.37. The number of aromatic hydroxyl groups is 1. The lowest BCUT2D eigenvalue weighted by molar-refractivity contribution is 0.0734. The van der Waals surface area contributed by atoms with E-state index in [0.29, 0.717) is 16.3 Å². The molecule has 0 spiro atoms. The first kappa shape index (κ1) is 22.3. The molecular weight excluding hydrogens is 463 g/mol. The van der Waals surface area contributed by atoms with Crippen LogP contribution in [0.25, 0.3) is 10.8 Å². The number of ether oxygens (including phenoxy) is 1. The van der Waals surface area contributed by atoms with Gasteiger partial charge in [0.15, 0.2) is 0 Å². The molecule has 0 aliphatic carbocycles. The van der Waals surface area contributed by atoms with Crippen LogP contribution >= 0.6 is 23.2 Å². The van der Waals surface area contributed by atoms with Crippen LogP contribution in [0.4, 0.5) is 0 Å². The van der Waals surface area contributed by atoms with Gasteiger partial charge in [-0.05, 0) is 70.9 Å². The summed E-state index contributed by atoms with van der Waals surface area (Å²) in [4.78, 5) is 24.7. The molecule has 1 amide bonds. The van der Waals surface area contributed by atoms with E-state index >= 15 is 0 Å². The second kappa shape index (κ2) is 9.73. The van der Waals surface area contributed by atoms with Crippen molar-refractivity contribution in [2.24, 2.45) is 5.10 Å². The predicted octanol–water partition coefficient (Wildman–Crippen LogP) is 5.84. The lowest BCUT2D eigenvalue weighted by atomic mass is 10.1. The maximum Gasteiger partial charge on any atom is 0.345 e. The smallest absolute Gasteiger partial charge is 0.345 e. The average molecular weight is 479 g/mol. The monoisotopic (exact) mass is 478 g/mol. The molecule has 2 N–H and O–H groups in total. The van der Waals surface area contributed by atoms with Crippen LogP contribution in [0.3, 0.4) is 0 Å². The minimum absolute atomic E-state index is 0.119. The van der Waals surface area contributed by atoms with Gasteiger partial charge in [-0.25, -0.2) is 10.2 Å². The summed E-state index contributed by atoms with van der Waals surface area (Å²) < 4.78 is 5.32. The van der Waals surface area contributed by atoms with Crippen molar-refractivity contribution in [1.29, 1.82) is 0 Å². The summed E-state index contributed by atoms with van der Waals surface area (Å²) in [6.45, 7) is 0. The van der Waals surface area contributed by atoms with Crippen LogP contribution in [0.2, 0.25) is 10.0 Å². The second-order valence-electron chi connectivity index (χ2n) is 7.00. The number of nitrogens with one attached hydrogen (secondary N) is 1. The first-order chi connectivity index (χ1) is 15.9. The van der Waals surface area contributed by atoms with E-state index in [9.17, 15) is 14.7 Å². The number of fused-ring (bicyclic) bond motifs is 1. The second-order valence-corrected chi connectivity index (χ2v) is 7.84. The zero-order valence-corrected chi connectivity index (χ0v) is 18.5. The number of esters is 1. The molecule has 4 rings (SSSR count). The molecule has 4 aromatic carbocycles. The van der Waals surface area contributed by atoms with Gasteiger partial charge < -0.3 is 9.84 Å². The van der Waals surface area contributed by atoms with Gasteiger partial charge in [-0.2, -0.15) is 5.10 Å². The fourth-order valence-corrected chi connectivity index (χ4v) is 3.56. The Balaban J connectivity index is 1.39. The lowest BCUT2D eigenvalue weighted by Crippen LogP contribution is -2.17. The van der Waals surface area contributed by atoms with Crippen LogP contribution in [0.5, 0.6) is 11.5 Å². The highest BCUT2D eigenvalue weighted by atomic mass is 35.5. The maximum atomic E-state index is 12.4. The number of nitrogens with zero attached hydrogens (tertiary/aromatic N) is 1. The minimum atomic E-state index is -0.611. The van der Waals surface area contributed by atoms with Crippen molar-refractivity contribution in [2.75, 3.05) is 0 Å². The van der Waals surface area contributed by atoms with E-state index in [1.165, 1.54) is 24.4 Å². The number of phenols is 1. The summed E-state index contributed by atoms with van der Waals surface area (Å²) in [6, 6.07) is 21.5. The number of carbonyl (C=O) groups is 2. The predicted molar refractivity (Wildman–Crippen MR) is 129 cm³/mol. The van der Waals surface area contributed by atoms with Crippen LogP contribution in [-0.2, 0) is 0 Å². The summed E-state index contributed by atoms with van der Waals surface area (Å²) in [5, 5.41) is 16.3. The average Bonchev–Trinajstić information content (AvgIpc) is 2.79. The molecule has 0 saturated heterocycles. The van der Waals surface area contributed by atoms with Gasteiger partial charge in [0.2, 0.25) is 0 Å². The molecular formula is C25H16Cl2N2O4. The van der Waals surface area contributed by atoms with Crippen LogP contribution in [-0.4, -0.2) is 23.2 Å². The molecule has 0 bridgehead atoms. The first-order valence-corrected chi connectivity index (χ1v) is 10.5. The van der Waals surface area contributed by atoms with Crippen molar-refractivity contribution in [2.45, 2.75) is 0 Å². The fraction of sp³-hybridized carbons (Fsp3) is 0. The number of benzene rings is 4. The molecule has 0 heterocycles. The maximum absolute atomic E-state index is 12.4. The molecule has 0 fully saturated rings. The Morgan fingerprint density at radius 2 is 1.58 bits per heavy atom. The van der Waals surface area contributed by atoms with Crippen molar-refractivity contribution in [3.63, 3.8) is 0 Å². The molecule has 0 unspecified atom stereocenters. The van der Waals surface area contributed by atoms with Crippen LogP contribution in [0.1, 0.15) is 26.3 Å². The Labute approximate surface area is 199 Å². The van der Waals surface area contributed by atoms with Crippen molar-refractivity contribution in [3.05, 3.63) is 106 Å². The van der Waals surface area contributed by atoms with E-state index in [2.05, 4.69) is 10.5 Å². The normalized spacial score (nSPS) is 11.0. The van der Waals surface area contributed by atoms with Gasteiger partial charge in [0.05, 0.1) is 22.4 Å². The molecule has 0 aliphatic rings. The van der Waals surface area contributed by atoms with Crippen molar-refractivity contribution in [3.8, 4) is 11.5 Å². The number of hydrogen-bond acceptors (Lipinski definition) is 5. The topological polar surface area (TPSA) is 88.0 Å². The molecule has 0 aliphatic heterocycles. The Morgan fingerprint density at radius 1 is 0.879 bits per heavy atom. The van der Waals surface area contributed by atoms with Gasteiger partial charge in [-0.3, -0.25) is 4.79 Å². The molecule has 0 aromatic heterocycles. The Hall–Kier alpha value is -3.87. The molecule has 8 heteroatoms. The van der Waals surface area contributed by atoms with E-state index < -0.39 is 11.9 Å². The molecule has 0 saturated carbocycles. The quantitative estimate of drug-likeness (QED) is 0.163. The van der Waals surface area contributed by atoms with Gasteiger partial charge in [-0.1, -0.05) is 47.5 Å². The number of phenolic OH excluding ortho intramolecular Hbond substituents is 1. The fourth-order valence-electron chi connectivity index (χ4n) is 3.07. The largest absolute Gasteiger partial charge is 0.507 e. The highest BCUT2D eigenvalue weighted by molar-refractivity contribution is 6.36.